The lowest BCUT2D eigenvalue weighted by Crippen LogP contribution is -2.60. The summed E-state index contributed by atoms with van der Waals surface area (Å²) in [6.07, 6.45) is 4.37. The van der Waals surface area contributed by atoms with Crippen LogP contribution in [0.25, 0.3) is 0 Å². The molecule has 1 saturated heterocycles. The highest BCUT2D eigenvalue weighted by molar-refractivity contribution is 5.91. The molecule has 2 unspecified atom stereocenters. The lowest BCUT2D eigenvalue weighted by Gasteiger charge is -2.41. The number of hydrogen-bond donors (Lipinski definition) is 3. The van der Waals surface area contributed by atoms with Crippen LogP contribution >= 0.6 is 0 Å². The molecule has 4 amide bonds. The summed E-state index contributed by atoms with van der Waals surface area (Å²) in [6, 6.07) is -1.45. The standard InChI is InChI=1S/C35H65N5O6/c1-13-23(5)29(39(10)32(43)28(21(2)3)37-33(44)34(7,8)36)26(45-11)19-27(41)40-18-14-15-25(40)30(46-12)24(6)31(42)38-35(9)17-16-22(4)20-35/h21-26,28-30H,13-20,36H2,1-12H3,(H,37,44)(H,38,42)/t22?,23-,24+,25-,26+,28-,29-,30+,35?/m0/s1. The molecule has 1 heterocycles. The fourth-order valence-corrected chi connectivity index (χ4v) is 7.43. The highest BCUT2D eigenvalue weighted by Crippen LogP contribution is 2.35. The molecule has 0 spiro atoms. The van der Waals surface area contributed by atoms with Gasteiger partial charge in [0.2, 0.25) is 23.6 Å². The Bertz CT molecular complexity index is 1050. The number of carbonyl (C=O) groups excluding carboxylic acids is 4. The third-order valence-corrected chi connectivity index (χ3v) is 10.5. The average Bonchev–Trinajstić information content (AvgIpc) is 3.60. The highest BCUT2D eigenvalue weighted by atomic mass is 16.5. The molecule has 0 radical (unpaired) electrons. The average molecular weight is 652 g/mol. The van der Waals surface area contributed by atoms with Gasteiger partial charge >= 0.3 is 0 Å². The van der Waals surface area contributed by atoms with E-state index in [0.29, 0.717) is 12.5 Å². The second-order valence-corrected chi connectivity index (χ2v) is 15.4. The molecule has 9 atom stereocenters. The van der Waals surface area contributed by atoms with Crippen molar-refractivity contribution >= 4 is 23.6 Å². The fourth-order valence-electron chi connectivity index (χ4n) is 7.43. The van der Waals surface area contributed by atoms with Crippen LogP contribution in [0.3, 0.4) is 0 Å². The smallest absolute Gasteiger partial charge is 0.245 e. The molecule has 0 aromatic heterocycles. The van der Waals surface area contributed by atoms with Gasteiger partial charge in [0, 0.05) is 33.4 Å². The summed E-state index contributed by atoms with van der Waals surface area (Å²) in [5.41, 5.74) is 4.66. The van der Waals surface area contributed by atoms with Crippen molar-refractivity contribution in [3.8, 4) is 0 Å². The van der Waals surface area contributed by atoms with Gasteiger partial charge in [-0.15, -0.1) is 0 Å². The Morgan fingerprint density at radius 3 is 2.20 bits per heavy atom. The van der Waals surface area contributed by atoms with E-state index in [-0.39, 0.29) is 47.6 Å². The van der Waals surface area contributed by atoms with Gasteiger partial charge in [-0.2, -0.15) is 0 Å². The number of nitrogens with zero attached hydrogens (tertiary/aromatic N) is 2. The molecule has 2 rings (SSSR count). The zero-order valence-electron chi connectivity index (χ0n) is 30.8. The van der Waals surface area contributed by atoms with E-state index in [4.69, 9.17) is 15.2 Å². The molecule has 0 bridgehead atoms. The van der Waals surface area contributed by atoms with Crippen LogP contribution in [0, 0.1) is 23.7 Å². The number of methoxy groups -OCH3 is 2. The molecule has 11 heteroatoms. The molecule has 4 N–H and O–H groups in total. The maximum absolute atomic E-state index is 14.0. The van der Waals surface area contributed by atoms with Crippen LogP contribution in [-0.2, 0) is 28.7 Å². The molecule has 2 aliphatic rings. The van der Waals surface area contributed by atoms with Crippen LogP contribution in [0.1, 0.15) is 107 Å². The largest absolute Gasteiger partial charge is 0.379 e. The monoisotopic (exact) mass is 651 g/mol. The molecule has 1 saturated carbocycles. The summed E-state index contributed by atoms with van der Waals surface area (Å²) in [4.78, 5) is 57.6. The van der Waals surface area contributed by atoms with Gasteiger partial charge < -0.3 is 35.6 Å². The number of likely N-dealkylation sites (N-methyl/N-ethyl adjacent to an activating group) is 1. The van der Waals surface area contributed by atoms with Crippen LogP contribution in [0.4, 0.5) is 0 Å². The van der Waals surface area contributed by atoms with E-state index in [1.807, 2.05) is 39.5 Å². The third kappa shape index (κ3) is 9.89. The zero-order valence-corrected chi connectivity index (χ0v) is 30.8. The molecular formula is C35H65N5O6. The first-order valence-corrected chi connectivity index (χ1v) is 17.3. The minimum absolute atomic E-state index is 0.00523. The number of likely N-dealkylation sites (tertiary alicyclic amines) is 1. The van der Waals surface area contributed by atoms with Gasteiger partial charge in [-0.25, -0.2) is 0 Å². The Morgan fingerprint density at radius 2 is 1.72 bits per heavy atom. The van der Waals surface area contributed by atoms with Gasteiger partial charge in [-0.3, -0.25) is 19.2 Å². The molecule has 11 nitrogen and oxygen atoms in total. The van der Waals surface area contributed by atoms with Crippen molar-refractivity contribution in [2.75, 3.05) is 27.8 Å². The van der Waals surface area contributed by atoms with Gasteiger partial charge in [-0.1, -0.05) is 48.0 Å². The van der Waals surface area contributed by atoms with Gasteiger partial charge in [-0.05, 0) is 70.6 Å². The van der Waals surface area contributed by atoms with Crippen molar-refractivity contribution < 1.29 is 28.7 Å². The molecule has 266 valence electrons. The Kier molecular flexibility index (Phi) is 14.5. The minimum Gasteiger partial charge on any atom is -0.379 e. The number of hydrogen-bond acceptors (Lipinski definition) is 7. The summed E-state index contributed by atoms with van der Waals surface area (Å²) in [5.74, 6) is -0.829. The molecule has 1 aliphatic carbocycles. The summed E-state index contributed by atoms with van der Waals surface area (Å²) in [7, 11) is 4.90. The summed E-state index contributed by atoms with van der Waals surface area (Å²) < 4.78 is 11.9. The molecule has 46 heavy (non-hydrogen) atoms. The van der Waals surface area contributed by atoms with Crippen LogP contribution < -0.4 is 16.4 Å². The molecule has 1 aliphatic heterocycles. The Balaban J connectivity index is 2.25. The molecule has 2 fully saturated rings. The van der Waals surface area contributed by atoms with E-state index >= 15 is 0 Å². The Morgan fingerprint density at radius 1 is 1.09 bits per heavy atom. The van der Waals surface area contributed by atoms with Gasteiger partial charge in [0.25, 0.3) is 0 Å². The number of nitrogens with one attached hydrogen (secondary N) is 2. The van der Waals surface area contributed by atoms with E-state index in [2.05, 4.69) is 24.5 Å². The Hall–Kier alpha value is -2.24. The van der Waals surface area contributed by atoms with E-state index < -0.39 is 41.7 Å². The SMILES string of the molecule is CC[C@H](C)[C@@H]([C@@H](CC(=O)N1CCC[C@H]1[C@H](OC)[C@@H](C)C(=O)NC1(C)CCC(C)C1)OC)N(C)C(=O)[C@@H](NC(=O)C(C)(C)N)C(C)C. The predicted molar refractivity (Wildman–Crippen MR) is 181 cm³/mol. The van der Waals surface area contributed by atoms with Gasteiger partial charge in [0.15, 0.2) is 0 Å². The van der Waals surface area contributed by atoms with E-state index in [0.717, 1.165) is 38.5 Å². The van der Waals surface area contributed by atoms with Crippen molar-refractivity contribution in [2.24, 2.45) is 29.4 Å². The van der Waals surface area contributed by atoms with E-state index in [9.17, 15) is 19.2 Å². The lowest BCUT2D eigenvalue weighted by atomic mass is 9.89. The predicted octanol–water partition coefficient (Wildman–Crippen LogP) is 3.48. The van der Waals surface area contributed by atoms with Crippen molar-refractivity contribution in [2.45, 2.75) is 149 Å². The number of carbonyl (C=O) groups is 4. The number of amides is 4. The zero-order chi connectivity index (χ0) is 35.1. The maximum atomic E-state index is 14.0. The number of nitrogens with two attached hydrogens (primary N) is 1. The van der Waals surface area contributed by atoms with Crippen molar-refractivity contribution in [1.29, 1.82) is 0 Å². The van der Waals surface area contributed by atoms with Crippen molar-refractivity contribution in [3.05, 3.63) is 0 Å². The highest BCUT2D eigenvalue weighted by Gasteiger charge is 2.44. The maximum Gasteiger partial charge on any atom is 0.245 e. The van der Waals surface area contributed by atoms with Crippen molar-refractivity contribution in [3.63, 3.8) is 0 Å². The fraction of sp³-hybridized carbons (Fsp3) is 0.886. The van der Waals surface area contributed by atoms with E-state index in [1.165, 1.54) is 0 Å². The van der Waals surface area contributed by atoms with E-state index in [1.54, 1.807) is 40.0 Å². The molecule has 0 aromatic carbocycles. The first kappa shape index (κ1) is 39.9. The topological polar surface area (TPSA) is 143 Å². The second-order valence-electron chi connectivity index (χ2n) is 15.4. The minimum atomic E-state index is -1.14. The summed E-state index contributed by atoms with van der Waals surface area (Å²) in [5, 5.41) is 6.13. The van der Waals surface area contributed by atoms with Crippen LogP contribution in [0.15, 0.2) is 0 Å². The normalized spacial score (nSPS) is 25.8. The second kappa shape index (κ2) is 16.7. The van der Waals surface area contributed by atoms with Crippen molar-refractivity contribution in [1.82, 2.24) is 20.4 Å². The van der Waals surface area contributed by atoms with Crippen LogP contribution in [-0.4, -0.2) is 103 Å². The molecule has 0 aromatic rings. The lowest BCUT2D eigenvalue weighted by molar-refractivity contribution is -0.148. The third-order valence-electron chi connectivity index (χ3n) is 10.5. The van der Waals surface area contributed by atoms with Gasteiger partial charge in [0.05, 0.1) is 42.2 Å². The first-order valence-electron chi connectivity index (χ1n) is 17.3. The summed E-state index contributed by atoms with van der Waals surface area (Å²) in [6.45, 7) is 17.8. The quantitative estimate of drug-likeness (QED) is 0.232. The summed E-state index contributed by atoms with van der Waals surface area (Å²) >= 11 is 0. The van der Waals surface area contributed by atoms with Gasteiger partial charge in [0.1, 0.15) is 6.04 Å². The number of rotatable bonds is 16. The van der Waals surface area contributed by atoms with Crippen LogP contribution in [0.5, 0.6) is 0 Å². The molecular weight excluding hydrogens is 586 g/mol. The first-order chi connectivity index (χ1) is 21.3. The van der Waals surface area contributed by atoms with Crippen LogP contribution in [0.2, 0.25) is 0 Å². The Labute approximate surface area is 278 Å². The number of ether oxygens (including phenoxy) is 2.